The average molecular weight is 384 g/mol. The fraction of sp³-hybridized carbons (Fsp3) is 0.333. The van der Waals surface area contributed by atoms with Crippen molar-refractivity contribution in [2.75, 3.05) is 5.32 Å². The highest BCUT2D eigenvalue weighted by Gasteiger charge is 2.16. The number of thioether (sulfide) groups is 1. The summed E-state index contributed by atoms with van der Waals surface area (Å²) in [7, 11) is 0. The Morgan fingerprint density at radius 3 is 2.54 bits per heavy atom. The van der Waals surface area contributed by atoms with Gasteiger partial charge in [0, 0.05) is 22.2 Å². The highest BCUT2D eigenvalue weighted by atomic mass is 35.5. The predicted molar refractivity (Wildman–Crippen MR) is 111 cm³/mol. The van der Waals surface area contributed by atoms with Crippen LogP contribution in [-0.4, -0.2) is 16.0 Å². The monoisotopic (exact) mass is 383 g/mol. The van der Waals surface area contributed by atoms with Crippen LogP contribution in [0.4, 0.5) is 5.82 Å². The largest absolute Gasteiger partial charge is 0.367 e. The number of para-hydroxylation sites is 1. The van der Waals surface area contributed by atoms with E-state index in [-0.39, 0.29) is 0 Å². The first-order chi connectivity index (χ1) is 12.8. The lowest BCUT2D eigenvalue weighted by molar-refractivity contribution is 0.462. The van der Waals surface area contributed by atoms with Crippen LogP contribution in [0.1, 0.15) is 37.7 Å². The van der Waals surface area contributed by atoms with E-state index in [1.807, 2.05) is 18.2 Å². The fourth-order valence-corrected chi connectivity index (χ4v) is 4.33. The molecule has 0 spiro atoms. The van der Waals surface area contributed by atoms with Gasteiger partial charge >= 0.3 is 0 Å². The molecule has 5 heteroatoms. The smallest absolute Gasteiger partial charge is 0.190 e. The van der Waals surface area contributed by atoms with Gasteiger partial charge in [-0.05, 0) is 42.7 Å². The zero-order valence-corrected chi connectivity index (χ0v) is 16.2. The van der Waals surface area contributed by atoms with Crippen molar-refractivity contribution in [1.29, 1.82) is 0 Å². The van der Waals surface area contributed by atoms with Crippen LogP contribution in [0.15, 0.2) is 53.7 Å². The van der Waals surface area contributed by atoms with E-state index in [9.17, 15) is 0 Å². The Kier molecular flexibility index (Phi) is 5.61. The minimum Gasteiger partial charge on any atom is -0.367 e. The second kappa shape index (κ2) is 8.28. The molecule has 1 N–H and O–H groups in total. The quantitative estimate of drug-likeness (QED) is 0.413. The van der Waals surface area contributed by atoms with E-state index in [0.29, 0.717) is 6.04 Å². The lowest BCUT2D eigenvalue weighted by Crippen LogP contribution is -2.23. The van der Waals surface area contributed by atoms with Crippen LogP contribution in [0.5, 0.6) is 0 Å². The van der Waals surface area contributed by atoms with Crippen LogP contribution >= 0.6 is 23.4 Å². The van der Waals surface area contributed by atoms with Crippen LogP contribution in [0.25, 0.3) is 10.9 Å². The van der Waals surface area contributed by atoms with Crippen molar-refractivity contribution in [3.05, 3.63) is 59.1 Å². The molecule has 0 bridgehead atoms. The summed E-state index contributed by atoms with van der Waals surface area (Å²) in [5.41, 5.74) is 2.22. The van der Waals surface area contributed by atoms with Crippen molar-refractivity contribution in [2.45, 2.75) is 49.1 Å². The molecule has 1 aliphatic carbocycles. The van der Waals surface area contributed by atoms with Crippen molar-refractivity contribution >= 4 is 40.1 Å². The normalized spacial score (nSPS) is 15.3. The second-order valence-electron chi connectivity index (χ2n) is 6.77. The number of benzene rings is 2. The summed E-state index contributed by atoms with van der Waals surface area (Å²) in [5, 5.41) is 6.37. The van der Waals surface area contributed by atoms with Gasteiger partial charge in [0.15, 0.2) is 5.16 Å². The SMILES string of the molecule is Clc1ccc(CSc2nc(NC3CCCCC3)c3ccccc3n2)cc1. The number of hydrogen-bond donors (Lipinski definition) is 1. The Labute approximate surface area is 163 Å². The Balaban J connectivity index is 1.57. The molecule has 26 heavy (non-hydrogen) atoms. The van der Waals surface area contributed by atoms with E-state index >= 15 is 0 Å². The third kappa shape index (κ3) is 4.30. The molecular formula is C21H22ClN3S. The average Bonchev–Trinajstić information content (AvgIpc) is 2.68. The van der Waals surface area contributed by atoms with Gasteiger partial charge < -0.3 is 5.32 Å². The maximum atomic E-state index is 5.97. The third-order valence-corrected chi connectivity index (χ3v) is 5.98. The van der Waals surface area contributed by atoms with Gasteiger partial charge in [-0.1, -0.05) is 66.9 Å². The molecule has 0 radical (unpaired) electrons. The van der Waals surface area contributed by atoms with Gasteiger partial charge in [0.2, 0.25) is 0 Å². The molecule has 1 aliphatic rings. The first kappa shape index (κ1) is 17.6. The Bertz CT molecular complexity index is 876. The van der Waals surface area contributed by atoms with Crippen molar-refractivity contribution in [2.24, 2.45) is 0 Å². The van der Waals surface area contributed by atoms with Gasteiger partial charge in [0.25, 0.3) is 0 Å². The Morgan fingerprint density at radius 1 is 0.962 bits per heavy atom. The van der Waals surface area contributed by atoms with Crippen molar-refractivity contribution < 1.29 is 0 Å². The molecule has 1 saturated carbocycles. The number of rotatable bonds is 5. The van der Waals surface area contributed by atoms with E-state index in [1.54, 1.807) is 11.8 Å². The molecular weight excluding hydrogens is 362 g/mol. The number of halogens is 1. The maximum absolute atomic E-state index is 5.97. The first-order valence-corrected chi connectivity index (χ1v) is 10.5. The molecule has 0 aliphatic heterocycles. The van der Waals surface area contributed by atoms with Crippen molar-refractivity contribution in [3.63, 3.8) is 0 Å². The highest BCUT2D eigenvalue weighted by molar-refractivity contribution is 7.98. The Hall–Kier alpha value is -1.78. The summed E-state index contributed by atoms with van der Waals surface area (Å²) in [5.74, 6) is 1.80. The van der Waals surface area contributed by atoms with Gasteiger partial charge in [0.1, 0.15) is 5.82 Å². The number of fused-ring (bicyclic) bond motifs is 1. The minimum atomic E-state index is 0.524. The number of anilines is 1. The summed E-state index contributed by atoms with van der Waals surface area (Å²) in [6, 6.07) is 16.7. The fourth-order valence-electron chi connectivity index (χ4n) is 3.40. The first-order valence-electron chi connectivity index (χ1n) is 9.18. The zero-order valence-electron chi connectivity index (χ0n) is 14.6. The summed E-state index contributed by atoms with van der Waals surface area (Å²) in [4.78, 5) is 9.59. The van der Waals surface area contributed by atoms with Crippen LogP contribution in [-0.2, 0) is 5.75 Å². The molecule has 0 saturated heterocycles. The molecule has 0 unspecified atom stereocenters. The highest BCUT2D eigenvalue weighted by Crippen LogP contribution is 2.29. The summed E-state index contributed by atoms with van der Waals surface area (Å²) >= 11 is 7.63. The number of aromatic nitrogens is 2. The zero-order chi connectivity index (χ0) is 17.8. The van der Waals surface area contributed by atoms with Crippen LogP contribution in [0.3, 0.4) is 0 Å². The van der Waals surface area contributed by atoms with Crippen LogP contribution in [0.2, 0.25) is 5.02 Å². The molecule has 1 fully saturated rings. The standard InChI is InChI=1S/C21H22ClN3S/c22-16-12-10-15(11-13-16)14-26-21-24-19-9-5-4-8-18(19)20(25-21)23-17-6-2-1-3-7-17/h4-5,8-13,17H,1-3,6-7,14H2,(H,23,24,25). The molecule has 4 rings (SSSR count). The molecule has 3 aromatic rings. The molecule has 0 atom stereocenters. The van der Waals surface area contributed by atoms with E-state index in [4.69, 9.17) is 21.6 Å². The van der Waals surface area contributed by atoms with Gasteiger partial charge in [-0.25, -0.2) is 9.97 Å². The maximum Gasteiger partial charge on any atom is 0.190 e. The number of nitrogens with zero attached hydrogens (tertiary/aromatic N) is 2. The molecule has 134 valence electrons. The molecule has 1 heterocycles. The van der Waals surface area contributed by atoms with Gasteiger partial charge in [-0.3, -0.25) is 0 Å². The lowest BCUT2D eigenvalue weighted by Gasteiger charge is -2.24. The summed E-state index contributed by atoms with van der Waals surface area (Å²) in [6.45, 7) is 0. The molecule has 1 aromatic heterocycles. The van der Waals surface area contributed by atoms with E-state index in [2.05, 4.69) is 35.6 Å². The molecule has 3 nitrogen and oxygen atoms in total. The van der Waals surface area contributed by atoms with Crippen molar-refractivity contribution in [1.82, 2.24) is 9.97 Å². The van der Waals surface area contributed by atoms with E-state index < -0.39 is 0 Å². The minimum absolute atomic E-state index is 0.524. The van der Waals surface area contributed by atoms with Gasteiger partial charge in [0.05, 0.1) is 5.52 Å². The van der Waals surface area contributed by atoms with Crippen LogP contribution < -0.4 is 5.32 Å². The molecule has 0 amide bonds. The predicted octanol–water partition coefficient (Wildman–Crippen LogP) is 6.32. The van der Waals surface area contributed by atoms with Crippen LogP contribution in [0, 0.1) is 0 Å². The topological polar surface area (TPSA) is 37.8 Å². The van der Waals surface area contributed by atoms with Gasteiger partial charge in [-0.2, -0.15) is 0 Å². The number of nitrogens with one attached hydrogen (secondary N) is 1. The number of hydrogen-bond acceptors (Lipinski definition) is 4. The Morgan fingerprint density at radius 2 is 1.73 bits per heavy atom. The summed E-state index contributed by atoms with van der Waals surface area (Å²) in [6.07, 6.45) is 6.42. The van der Waals surface area contributed by atoms with Crippen molar-refractivity contribution in [3.8, 4) is 0 Å². The second-order valence-corrected chi connectivity index (χ2v) is 8.15. The summed E-state index contributed by atoms with van der Waals surface area (Å²) < 4.78 is 0. The molecule has 2 aromatic carbocycles. The lowest BCUT2D eigenvalue weighted by atomic mass is 9.95. The van der Waals surface area contributed by atoms with Gasteiger partial charge in [-0.15, -0.1) is 0 Å². The third-order valence-electron chi connectivity index (χ3n) is 4.81. The van der Waals surface area contributed by atoms with E-state index in [0.717, 1.165) is 32.7 Å². The van der Waals surface area contributed by atoms with E-state index in [1.165, 1.54) is 37.7 Å².